The molecule has 0 bridgehead atoms. The summed E-state index contributed by atoms with van der Waals surface area (Å²) in [6.45, 7) is 1.13. The van der Waals surface area contributed by atoms with Crippen LogP contribution in [0.2, 0.25) is 0 Å². The molecule has 2 aliphatic rings. The van der Waals surface area contributed by atoms with Gasteiger partial charge in [0.15, 0.2) is 0 Å². The number of benzene rings is 1. The standard InChI is InChI=1S/C15H17F2NO3/c16-10-2-3-11(12(17)8-10)14(20)18-6-4-13(19)15(9-18)5-1-7-21-15/h2-3,8,13,19H,1,4-7,9H2/t13-,15-/m0/s1. The highest BCUT2D eigenvalue weighted by molar-refractivity contribution is 5.94. The number of likely N-dealkylation sites (tertiary alicyclic amines) is 1. The zero-order chi connectivity index (χ0) is 15.0. The minimum Gasteiger partial charge on any atom is -0.390 e. The van der Waals surface area contributed by atoms with Crippen molar-refractivity contribution in [3.63, 3.8) is 0 Å². The number of ether oxygens (including phenoxy) is 1. The fourth-order valence-electron chi connectivity index (χ4n) is 3.16. The Morgan fingerprint density at radius 1 is 1.43 bits per heavy atom. The van der Waals surface area contributed by atoms with E-state index in [4.69, 9.17) is 4.74 Å². The van der Waals surface area contributed by atoms with Crippen molar-refractivity contribution in [2.24, 2.45) is 0 Å². The number of carbonyl (C=O) groups excluding carboxylic acids is 1. The summed E-state index contributed by atoms with van der Waals surface area (Å²) in [4.78, 5) is 13.9. The molecule has 1 amide bonds. The van der Waals surface area contributed by atoms with E-state index >= 15 is 0 Å². The summed E-state index contributed by atoms with van der Waals surface area (Å²) in [5.74, 6) is -2.07. The Morgan fingerprint density at radius 3 is 2.90 bits per heavy atom. The molecular formula is C15H17F2NO3. The van der Waals surface area contributed by atoms with Crippen molar-refractivity contribution in [1.29, 1.82) is 0 Å². The molecule has 0 aliphatic carbocycles. The van der Waals surface area contributed by atoms with Gasteiger partial charge in [0.05, 0.1) is 18.2 Å². The number of halogens is 2. The van der Waals surface area contributed by atoms with Gasteiger partial charge in [-0.05, 0) is 31.4 Å². The quantitative estimate of drug-likeness (QED) is 0.858. The predicted molar refractivity (Wildman–Crippen MR) is 70.8 cm³/mol. The average molecular weight is 297 g/mol. The summed E-state index contributed by atoms with van der Waals surface area (Å²) >= 11 is 0. The second-order valence-corrected chi connectivity index (χ2v) is 5.67. The van der Waals surface area contributed by atoms with Crippen molar-refractivity contribution in [3.05, 3.63) is 35.4 Å². The lowest BCUT2D eigenvalue weighted by atomic mass is 9.87. The minimum atomic E-state index is -0.868. The molecule has 0 aromatic heterocycles. The summed E-state index contributed by atoms with van der Waals surface area (Å²) in [5.41, 5.74) is -0.884. The van der Waals surface area contributed by atoms with E-state index in [1.54, 1.807) is 0 Å². The molecule has 21 heavy (non-hydrogen) atoms. The highest BCUT2D eigenvalue weighted by Gasteiger charge is 2.47. The van der Waals surface area contributed by atoms with Gasteiger partial charge in [0.2, 0.25) is 0 Å². The summed E-state index contributed by atoms with van der Waals surface area (Å²) < 4.78 is 32.3. The molecule has 2 fully saturated rings. The van der Waals surface area contributed by atoms with Gasteiger partial charge in [0.25, 0.3) is 5.91 Å². The Kier molecular flexibility index (Phi) is 3.67. The first-order valence-electron chi connectivity index (χ1n) is 7.08. The van der Waals surface area contributed by atoms with Crippen molar-refractivity contribution >= 4 is 5.91 Å². The maximum atomic E-state index is 13.7. The first-order chi connectivity index (χ1) is 10.0. The Labute approximate surface area is 121 Å². The molecule has 1 N–H and O–H groups in total. The molecule has 4 nitrogen and oxygen atoms in total. The maximum absolute atomic E-state index is 13.7. The molecular weight excluding hydrogens is 280 g/mol. The van der Waals surface area contributed by atoms with Gasteiger partial charge < -0.3 is 14.7 Å². The van der Waals surface area contributed by atoms with Crippen LogP contribution in [-0.4, -0.2) is 47.3 Å². The first-order valence-corrected chi connectivity index (χ1v) is 7.08. The van der Waals surface area contributed by atoms with E-state index in [0.717, 1.165) is 18.6 Å². The number of nitrogens with zero attached hydrogens (tertiary/aromatic N) is 1. The average Bonchev–Trinajstić information content (AvgIpc) is 2.91. The van der Waals surface area contributed by atoms with Gasteiger partial charge >= 0.3 is 0 Å². The van der Waals surface area contributed by atoms with E-state index in [2.05, 4.69) is 0 Å². The molecule has 2 aliphatic heterocycles. The zero-order valence-corrected chi connectivity index (χ0v) is 11.5. The fourth-order valence-corrected chi connectivity index (χ4v) is 3.16. The summed E-state index contributed by atoms with van der Waals surface area (Å²) in [6.07, 6.45) is 1.31. The van der Waals surface area contributed by atoms with Crippen molar-refractivity contribution < 1.29 is 23.4 Å². The molecule has 1 aromatic carbocycles. The Balaban J connectivity index is 1.82. The molecule has 3 rings (SSSR count). The smallest absolute Gasteiger partial charge is 0.256 e. The van der Waals surface area contributed by atoms with Crippen LogP contribution in [0.3, 0.4) is 0 Å². The van der Waals surface area contributed by atoms with Gasteiger partial charge in [-0.1, -0.05) is 0 Å². The van der Waals surface area contributed by atoms with Gasteiger partial charge in [-0.15, -0.1) is 0 Å². The van der Waals surface area contributed by atoms with Gasteiger partial charge in [-0.3, -0.25) is 4.79 Å². The molecule has 0 saturated carbocycles. The van der Waals surface area contributed by atoms with Crippen LogP contribution in [0.25, 0.3) is 0 Å². The second kappa shape index (κ2) is 5.35. The third kappa shape index (κ3) is 2.53. The number of piperidine rings is 1. The van der Waals surface area contributed by atoms with Crippen LogP contribution >= 0.6 is 0 Å². The SMILES string of the molecule is O=C(c1ccc(F)cc1F)N1CC[C@H](O)[C@]2(CCCO2)C1. The van der Waals surface area contributed by atoms with E-state index < -0.39 is 29.2 Å². The highest BCUT2D eigenvalue weighted by Crippen LogP contribution is 2.35. The van der Waals surface area contributed by atoms with Crippen molar-refractivity contribution in [3.8, 4) is 0 Å². The monoisotopic (exact) mass is 297 g/mol. The van der Waals surface area contributed by atoms with Gasteiger partial charge in [-0.2, -0.15) is 0 Å². The van der Waals surface area contributed by atoms with E-state index in [-0.39, 0.29) is 12.1 Å². The van der Waals surface area contributed by atoms with Crippen molar-refractivity contribution in [2.45, 2.75) is 31.0 Å². The number of amides is 1. The van der Waals surface area contributed by atoms with E-state index in [1.165, 1.54) is 4.90 Å². The Morgan fingerprint density at radius 2 is 2.24 bits per heavy atom. The second-order valence-electron chi connectivity index (χ2n) is 5.67. The molecule has 2 saturated heterocycles. The van der Waals surface area contributed by atoms with Crippen molar-refractivity contribution in [1.82, 2.24) is 4.90 Å². The topological polar surface area (TPSA) is 49.8 Å². The van der Waals surface area contributed by atoms with E-state index in [9.17, 15) is 18.7 Å². The van der Waals surface area contributed by atoms with Crippen LogP contribution in [0.15, 0.2) is 18.2 Å². The normalized spacial score (nSPS) is 29.1. The van der Waals surface area contributed by atoms with Gasteiger partial charge in [0, 0.05) is 19.2 Å². The lowest BCUT2D eigenvalue weighted by molar-refractivity contribution is -0.124. The number of aliphatic hydroxyl groups excluding tert-OH is 1. The van der Waals surface area contributed by atoms with Gasteiger partial charge in [0.1, 0.15) is 17.2 Å². The van der Waals surface area contributed by atoms with Crippen LogP contribution in [0, 0.1) is 11.6 Å². The highest BCUT2D eigenvalue weighted by atomic mass is 19.1. The van der Waals surface area contributed by atoms with Crippen LogP contribution in [0.4, 0.5) is 8.78 Å². The first kappa shape index (κ1) is 14.4. The Hall–Kier alpha value is -1.53. The molecule has 6 heteroatoms. The van der Waals surface area contributed by atoms with Crippen LogP contribution in [0.1, 0.15) is 29.6 Å². The molecule has 114 valence electrons. The Bertz CT molecular complexity index is 558. The summed E-state index contributed by atoms with van der Waals surface area (Å²) in [6, 6.07) is 2.92. The number of aliphatic hydroxyl groups is 1. The molecule has 1 aromatic rings. The minimum absolute atomic E-state index is 0.152. The molecule has 2 heterocycles. The number of hydrogen-bond donors (Lipinski definition) is 1. The fraction of sp³-hybridized carbons (Fsp3) is 0.533. The zero-order valence-electron chi connectivity index (χ0n) is 11.5. The van der Waals surface area contributed by atoms with Crippen LogP contribution in [0.5, 0.6) is 0 Å². The molecule has 2 atom stereocenters. The number of rotatable bonds is 1. The van der Waals surface area contributed by atoms with Crippen LogP contribution in [-0.2, 0) is 4.74 Å². The largest absolute Gasteiger partial charge is 0.390 e. The maximum Gasteiger partial charge on any atom is 0.256 e. The summed E-state index contributed by atoms with van der Waals surface area (Å²) in [7, 11) is 0. The summed E-state index contributed by atoms with van der Waals surface area (Å²) in [5, 5.41) is 10.1. The third-order valence-corrected chi connectivity index (χ3v) is 4.32. The van der Waals surface area contributed by atoms with E-state index in [0.29, 0.717) is 32.1 Å². The van der Waals surface area contributed by atoms with Gasteiger partial charge in [-0.25, -0.2) is 8.78 Å². The lowest BCUT2D eigenvalue weighted by Gasteiger charge is -2.43. The number of carbonyl (C=O) groups is 1. The van der Waals surface area contributed by atoms with Crippen molar-refractivity contribution in [2.75, 3.05) is 19.7 Å². The molecule has 0 unspecified atom stereocenters. The molecule has 0 radical (unpaired) electrons. The third-order valence-electron chi connectivity index (χ3n) is 4.32. The molecule has 1 spiro atoms. The predicted octanol–water partition coefficient (Wildman–Crippen LogP) is 1.72. The number of hydrogen-bond acceptors (Lipinski definition) is 3. The lowest BCUT2D eigenvalue weighted by Crippen LogP contribution is -2.57. The van der Waals surface area contributed by atoms with Crippen LogP contribution < -0.4 is 0 Å². The van der Waals surface area contributed by atoms with E-state index in [1.807, 2.05) is 0 Å².